The van der Waals surface area contributed by atoms with Crippen LogP contribution in [0.4, 0.5) is 0 Å². The fourth-order valence-corrected chi connectivity index (χ4v) is 5.37. The molecular formula is C23H23N5S2. The molecule has 1 saturated heterocycles. The first-order chi connectivity index (χ1) is 14.6. The van der Waals surface area contributed by atoms with Crippen molar-refractivity contribution < 1.29 is 0 Å². The van der Waals surface area contributed by atoms with E-state index < -0.39 is 0 Å². The second kappa shape index (κ2) is 7.81. The van der Waals surface area contributed by atoms with E-state index in [2.05, 4.69) is 76.2 Å². The zero-order chi connectivity index (χ0) is 20.7. The largest absolute Gasteiger partial charge is 0.352 e. The summed E-state index contributed by atoms with van der Waals surface area (Å²) in [5.41, 5.74) is 3.18. The van der Waals surface area contributed by atoms with Crippen molar-refractivity contribution >= 4 is 38.9 Å². The van der Waals surface area contributed by atoms with Crippen molar-refractivity contribution in [3.05, 3.63) is 78.4 Å². The lowest BCUT2D eigenvalue weighted by molar-refractivity contribution is 0.280. The van der Waals surface area contributed by atoms with Gasteiger partial charge < -0.3 is 10.2 Å². The highest BCUT2D eigenvalue weighted by molar-refractivity contribution is 7.80. The number of thiocarbonyl (C=S) groups is 1. The summed E-state index contributed by atoms with van der Waals surface area (Å²) in [7, 11) is 0. The third kappa shape index (κ3) is 3.38. The molecule has 0 spiro atoms. The summed E-state index contributed by atoms with van der Waals surface area (Å²) < 4.78 is 3.39. The average molecular weight is 434 g/mol. The Labute approximate surface area is 185 Å². The summed E-state index contributed by atoms with van der Waals surface area (Å²) in [4.78, 5) is 11.8. The highest BCUT2D eigenvalue weighted by atomic mass is 32.1. The molecule has 1 aliphatic rings. The average Bonchev–Trinajstić information content (AvgIpc) is 3.45. The third-order valence-corrected chi connectivity index (χ3v) is 6.72. The Kier molecular flexibility index (Phi) is 5.00. The summed E-state index contributed by atoms with van der Waals surface area (Å²) in [6.07, 6.45) is 3.94. The number of nitrogens with zero attached hydrogens (tertiary/aromatic N) is 4. The monoisotopic (exact) mass is 433 g/mol. The van der Waals surface area contributed by atoms with Gasteiger partial charge in [-0.25, -0.2) is 4.98 Å². The quantitative estimate of drug-likeness (QED) is 0.443. The van der Waals surface area contributed by atoms with Crippen LogP contribution < -0.4 is 5.32 Å². The molecule has 1 aromatic carbocycles. The van der Waals surface area contributed by atoms with Crippen LogP contribution >= 0.6 is 23.6 Å². The molecule has 5 rings (SSSR count). The lowest BCUT2D eigenvalue weighted by Crippen LogP contribution is -2.33. The molecule has 4 aromatic rings. The van der Waals surface area contributed by atoms with Crippen molar-refractivity contribution in [3.63, 3.8) is 0 Å². The van der Waals surface area contributed by atoms with E-state index >= 15 is 0 Å². The lowest BCUT2D eigenvalue weighted by atomic mass is 10.0. The SMILES string of the molecule is CC(C)CN1C(=S)N[C@H](c2ccccn2)[C@@H]1c1cccn1-c1nc2ccccc2s1. The molecule has 1 aliphatic heterocycles. The van der Waals surface area contributed by atoms with Crippen LogP contribution in [-0.4, -0.2) is 31.1 Å². The maximum absolute atomic E-state index is 5.76. The van der Waals surface area contributed by atoms with Crippen LogP contribution in [0.3, 0.4) is 0 Å². The second-order valence-electron chi connectivity index (χ2n) is 7.94. The number of benzene rings is 1. The summed E-state index contributed by atoms with van der Waals surface area (Å²) in [5, 5.41) is 5.28. The van der Waals surface area contributed by atoms with Crippen LogP contribution in [-0.2, 0) is 0 Å². The van der Waals surface area contributed by atoms with Gasteiger partial charge in [-0.3, -0.25) is 9.55 Å². The van der Waals surface area contributed by atoms with Crippen LogP contribution in [0.5, 0.6) is 0 Å². The van der Waals surface area contributed by atoms with Crippen molar-refractivity contribution in [1.29, 1.82) is 0 Å². The number of nitrogens with one attached hydrogen (secondary N) is 1. The molecule has 1 N–H and O–H groups in total. The third-order valence-electron chi connectivity index (χ3n) is 5.33. The first-order valence-corrected chi connectivity index (χ1v) is 11.4. The zero-order valence-electron chi connectivity index (χ0n) is 16.9. The van der Waals surface area contributed by atoms with E-state index in [-0.39, 0.29) is 12.1 Å². The fraction of sp³-hybridized carbons (Fsp3) is 0.261. The Morgan fingerprint density at radius 2 is 1.93 bits per heavy atom. The standard InChI is InChI=1S/C23H23N5S2/c1-15(2)14-28-21(20(26-22(28)29)17-9-5-6-12-24-17)18-10-7-13-27(18)23-25-16-8-3-4-11-19(16)30-23/h3-13,15,20-21H,14H2,1-2H3,(H,26,29)/t20-,21+/m1/s1. The first-order valence-electron chi connectivity index (χ1n) is 10.1. The molecule has 0 bridgehead atoms. The van der Waals surface area contributed by atoms with Gasteiger partial charge in [0, 0.05) is 18.9 Å². The molecule has 3 aromatic heterocycles. The number of aromatic nitrogens is 3. The summed E-state index contributed by atoms with van der Waals surface area (Å²) >= 11 is 7.47. The molecule has 30 heavy (non-hydrogen) atoms. The Bertz CT molecular complexity index is 1150. The molecular weight excluding hydrogens is 410 g/mol. The predicted octanol–water partition coefficient (Wildman–Crippen LogP) is 5.11. The van der Waals surface area contributed by atoms with Gasteiger partial charge in [-0.15, -0.1) is 0 Å². The molecule has 4 heterocycles. The highest BCUT2D eigenvalue weighted by Gasteiger charge is 2.41. The summed E-state index contributed by atoms with van der Waals surface area (Å²) in [5.74, 6) is 0.487. The molecule has 1 fully saturated rings. The number of thiazole rings is 1. The molecule has 152 valence electrons. The van der Waals surface area contributed by atoms with Crippen molar-refractivity contribution in [2.45, 2.75) is 25.9 Å². The first kappa shape index (κ1) is 19.2. The van der Waals surface area contributed by atoms with Crippen molar-refractivity contribution in [2.24, 2.45) is 5.92 Å². The van der Waals surface area contributed by atoms with Gasteiger partial charge in [0.05, 0.1) is 33.7 Å². The Morgan fingerprint density at radius 1 is 1.10 bits per heavy atom. The van der Waals surface area contributed by atoms with E-state index in [9.17, 15) is 0 Å². The van der Waals surface area contributed by atoms with Gasteiger partial charge in [0.25, 0.3) is 0 Å². The van der Waals surface area contributed by atoms with Gasteiger partial charge in [-0.2, -0.15) is 0 Å². The molecule has 0 radical (unpaired) electrons. The van der Waals surface area contributed by atoms with Gasteiger partial charge in [0.2, 0.25) is 0 Å². The molecule has 0 aliphatic carbocycles. The van der Waals surface area contributed by atoms with Gasteiger partial charge in [-0.05, 0) is 54.5 Å². The van der Waals surface area contributed by atoms with Crippen LogP contribution in [0, 0.1) is 5.92 Å². The van der Waals surface area contributed by atoms with Crippen molar-refractivity contribution in [2.75, 3.05) is 6.54 Å². The zero-order valence-corrected chi connectivity index (χ0v) is 18.5. The molecule has 0 saturated carbocycles. The van der Waals surface area contributed by atoms with Gasteiger partial charge in [0.15, 0.2) is 10.2 Å². The van der Waals surface area contributed by atoms with E-state index in [1.165, 1.54) is 4.70 Å². The van der Waals surface area contributed by atoms with Gasteiger partial charge in [0.1, 0.15) is 0 Å². The van der Waals surface area contributed by atoms with Crippen LogP contribution in [0.25, 0.3) is 15.3 Å². The Morgan fingerprint density at radius 3 is 2.70 bits per heavy atom. The summed E-state index contributed by atoms with van der Waals surface area (Å²) in [6.45, 7) is 5.32. The normalized spacial score (nSPS) is 19.0. The van der Waals surface area contributed by atoms with Crippen LogP contribution in [0.2, 0.25) is 0 Å². The van der Waals surface area contributed by atoms with Crippen molar-refractivity contribution in [3.8, 4) is 5.13 Å². The van der Waals surface area contributed by atoms with Crippen LogP contribution in [0.15, 0.2) is 67.0 Å². The predicted molar refractivity (Wildman–Crippen MR) is 126 cm³/mol. The minimum Gasteiger partial charge on any atom is -0.352 e. The van der Waals surface area contributed by atoms with E-state index in [1.54, 1.807) is 11.3 Å². The number of hydrogen-bond donors (Lipinski definition) is 1. The van der Waals surface area contributed by atoms with Crippen molar-refractivity contribution in [1.82, 2.24) is 24.8 Å². The van der Waals surface area contributed by atoms with Gasteiger partial charge >= 0.3 is 0 Å². The second-order valence-corrected chi connectivity index (χ2v) is 9.34. The number of para-hydroxylation sites is 1. The van der Waals surface area contributed by atoms with Crippen LogP contribution in [0.1, 0.15) is 37.3 Å². The minimum absolute atomic E-state index is 0.0134. The Hall–Kier alpha value is -2.77. The fourth-order valence-electron chi connectivity index (χ4n) is 4.09. The summed E-state index contributed by atoms with van der Waals surface area (Å²) in [6, 6.07) is 18.6. The topological polar surface area (TPSA) is 46.0 Å². The minimum atomic E-state index is -0.0134. The molecule has 0 unspecified atom stereocenters. The van der Waals surface area contributed by atoms with E-state index in [4.69, 9.17) is 17.2 Å². The Balaban J connectivity index is 1.62. The lowest BCUT2D eigenvalue weighted by Gasteiger charge is -2.29. The van der Waals surface area contributed by atoms with E-state index in [1.807, 2.05) is 24.4 Å². The number of hydrogen-bond acceptors (Lipinski definition) is 4. The molecule has 5 nitrogen and oxygen atoms in total. The van der Waals surface area contributed by atoms with E-state index in [0.717, 1.165) is 33.7 Å². The number of fused-ring (bicyclic) bond motifs is 1. The highest BCUT2D eigenvalue weighted by Crippen LogP contribution is 2.40. The molecule has 2 atom stereocenters. The maximum atomic E-state index is 5.76. The van der Waals surface area contributed by atoms with Gasteiger partial charge in [-0.1, -0.05) is 43.4 Å². The molecule has 7 heteroatoms. The maximum Gasteiger partial charge on any atom is 0.194 e. The smallest absolute Gasteiger partial charge is 0.194 e. The number of rotatable bonds is 5. The van der Waals surface area contributed by atoms with E-state index in [0.29, 0.717) is 5.92 Å². The molecule has 0 amide bonds. The number of pyridine rings is 1.